The van der Waals surface area contributed by atoms with E-state index in [0.29, 0.717) is 29.7 Å². The van der Waals surface area contributed by atoms with Crippen LogP contribution in [0, 0.1) is 12.8 Å². The topological polar surface area (TPSA) is 49.4 Å². The third-order valence-corrected chi connectivity index (χ3v) is 3.94. The molecule has 1 saturated heterocycles. The average Bonchev–Trinajstić information content (AvgIpc) is 2.42. The molecule has 0 bridgehead atoms. The molecule has 1 heterocycles. The van der Waals surface area contributed by atoms with E-state index >= 15 is 0 Å². The van der Waals surface area contributed by atoms with Crippen molar-refractivity contribution < 1.29 is 9.59 Å². The van der Waals surface area contributed by atoms with E-state index in [4.69, 9.17) is 11.6 Å². The lowest BCUT2D eigenvalue weighted by Gasteiger charge is -2.29. The van der Waals surface area contributed by atoms with Crippen molar-refractivity contribution in [3.05, 3.63) is 28.8 Å². The monoisotopic (exact) mass is 294 g/mol. The normalized spacial score (nSPS) is 16.1. The summed E-state index contributed by atoms with van der Waals surface area (Å²) in [6, 6.07) is 5.16. The first-order valence-electron chi connectivity index (χ1n) is 6.84. The molecule has 2 amide bonds. The van der Waals surface area contributed by atoms with Crippen molar-refractivity contribution in [1.29, 1.82) is 0 Å². The molecule has 2 rings (SSSR count). The van der Waals surface area contributed by atoms with Gasteiger partial charge in [0, 0.05) is 23.8 Å². The quantitative estimate of drug-likeness (QED) is 0.810. The maximum absolute atomic E-state index is 12.1. The number of nitrogens with zero attached hydrogens (tertiary/aromatic N) is 1. The number of aryl methyl sites for hydroxylation is 1. The summed E-state index contributed by atoms with van der Waals surface area (Å²) in [4.78, 5) is 25.7. The number of rotatable bonds is 1. The molecule has 0 unspecified atom stereocenters. The second kappa shape index (κ2) is 6.27. The summed E-state index contributed by atoms with van der Waals surface area (Å²) in [6.45, 7) is 5.33. The third-order valence-electron chi connectivity index (χ3n) is 3.70. The fourth-order valence-electron chi connectivity index (χ4n) is 2.30. The van der Waals surface area contributed by atoms with Gasteiger partial charge in [-0.15, -0.1) is 0 Å². The molecule has 20 heavy (non-hydrogen) atoms. The standard InChI is InChI=1S/C15H19ClN2O2/c1-10-5-7-18(8-6-10)15(20)14(19)17-13-4-3-12(16)9-11(13)2/h3-4,9-10H,5-8H2,1-2H3,(H,17,19). The number of amides is 2. The molecule has 0 radical (unpaired) electrons. The zero-order chi connectivity index (χ0) is 14.7. The molecule has 4 nitrogen and oxygen atoms in total. The molecular weight excluding hydrogens is 276 g/mol. The number of benzene rings is 1. The average molecular weight is 295 g/mol. The van der Waals surface area contributed by atoms with Crippen molar-refractivity contribution in [1.82, 2.24) is 4.90 Å². The Morgan fingerprint density at radius 2 is 1.95 bits per heavy atom. The second-order valence-electron chi connectivity index (χ2n) is 5.39. The van der Waals surface area contributed by atoms with E-state index in [9.17, 15) is 9.59 Å². The number of carbonyl (C=O) groups excluding carboxylic acids is 2. The van der Waals surface area contributed by atoms with Crippen LogP contribution in [0.25, 0.3) is 0 Å². The summed E-state index contributed by atoms with van der Waals surface area (Å²) < 4.78 is 0. The molecule has 0 saturated carbocycles. The van der Waals surface area contributed by atoms with Crippen molar-refractivity contribution in [2.24, 2.45) is 5.92 Å². The van der Waals surface area contributed by atoms with Gasteiger partial charge in [-0.1, -0.05) is 18.5 Å². The Kier molecular flexibility index (Phi) is 4.65. The van der Waals surface area contributed by atoms with Crippen LogP contribution < -0.4 is 5.32 Å². The van der Waals surface area contributed by atoms with Crippen molar-refractivity contribution >= 4 is 29.1 Å². The van der Waals surface area contributed by atoms with E-state index in [2.05, 4.69) is 12.2 Å². The minimum Gasteiger partial charge on any atom is -0.334 e. The molecule has 1 fully saturated rings. The Balaban J connectivity index is 1.99. The molecule has 0 aliphatic carbocycles. The first-order chi connectivity index (χ1) is 9.47. The van der Waals surface area contributed by atoms with Crippen LogP contribution in [-0.4, -0.2) is 29.8 Å². The van der Waals surface area contributed by atoms with Gasteiger partial charge in [0.25, 0.3) is 0 Å². The van der Waals surface area contributed by atoms with E-state index in [1.54, 1.807) is 23.1 Å². The van der Waals surface area contributed by atoms with Crippen LogP contribution in [0.4, 0.5) is 5.69 Å². The highest BCUT2D eigenvalue weighted by Gasteiger charge is 2.25. The van der Waals surface area contributed by atoms with Crippen LogP contribution in [0.2, 0.25) is 5.02 Å². The molecule has 0 spiro atoms. The van der Waals surface area contributed by atoms with Gasteiger partial charge in [0.05, 0.1) is 0 Å². The Morgan fingerprint density at radius 1 is 1.30 bits per heavy atom. The van der Waals surface area contributed by atoms with Crippen molar-refractivity contribution in [3.63, 3.8) is 0 Å². The number of carbonyl (C=O) groups is 2. The lowest BCUT2D eigenvalue weighted by atomic mass is 9.99. The Labute approximate surface area is 124 Å². The van der Waals surface area contributed by atoms with Gasteiger partial charge in [0.2, 0.25) is 0 Å². The predicted molar refractivity (Wildman–Crippen MR) is 79.8 cm³/mol. The molecule has 1 aromatic carbocycles. The molecule has 5 heteroatoms. The summed E-state index contributed by atoms with van der Waals surface area (Å²) in [5.74, 6) is -0.406. The largest absolute Gasteiger partial charge is 0.334 e. The van der Waals surface area contributed by atoms with Crippen LogP contribution in [0.15, 0.2) is 18.2 Å². The predicted octanol–water partition coefficient (Wildman–Crippen LogP) is 2.85. The molecular formula is C15H19ClN2O2. The van der Waals surface area contributed by atoms with Gasteiger partial charge in [0.15, 0.2) is 0 Å². The zero-order valence-corrected chi connectivity index (χ0v) is 12.5. The summed E-state index contributed by atoms with van der Waals surface area (Å²) in [5, 5.41) is 3.27. The number of hydrogen-bond donors (Lipinski definition) is 1. The van der Waals surface area contributed by atoms with Gasteiger partial charge in [-0.25, -0.2) is 0 Å². The highest BCUT2D eigenvalue weighted by Crippen LogP contribution is 2.20. The SMILES string of the molecule is Cc1cc(Cl)ccc1NC(=O)C(=O)N1CCC(C)CC1. The van der Waals surface area contributed by atoms with Crippen LogP contribution >= 0.6 is 11.6 Å². The molecule has 0 atom stereocenters. The summed E-state index contributed by atoms with van der Waals surface area (Å²) in [7, 11) is 0. The maximum Gasteiger partial charge on any atom is 0.313 e. The van der Waals surface area contributed by atoms with Crippen LogP contribution in [-0.2, 0) is 9.59 Å². The van der Waals surface area contributed by atoms with Gasteiger partial charge in [0.1, 0.15) is 0 Å². The number of likely N-dealkylation sites (tertiary alicyclic amines) is 1. The Morgan fingerprint density at radius 3 is 2.55 bits per heavy atom. The van der Waals surface area contributed by atoms with Gasteiger partial charge in [-0.2, -0.15) is 0 Å². The molecule has 108 valence electrons. The van der Waals surface area contributed by atoms with E-state index < -0.39 is 11.8 Å². The van der Waals surface area contributed by atoms with Gasteiger partial charge in [-0.3, -0.25) is 9.59 Å². The summed E-state index contributed by atoms with van der Waals surface area (Å²) in [5.41, 5.74) is 1.46. The fraction of sp³-hybridized carbons (Fsp3) is 0.467. The number of halogens is 1. The maximum atomic E-state index is 12.1. The summed E-state index contributed by atoms with van der Waals surface area (Å²) in [6.07, 6.45) is 1.91. The Bertz CT molecular complexity index is 523. The number of anilines is 1. The van der Waals surface area contributed by atoms with Crippen molar-refractivity contribution in [2.45, 2.75) is 26.7 Å². The minimum absolute atomic E-state index is 0.453. The highest BCUT2D eigenvalue weighted by atomic mass is 35.5. The van der Waals surface area contributed by atoms with Crippen LogP contribution in [0.1, 0.15) is 25.3 Å². The van der Waals surface area contributed by atoms with E-state index in [0.717, 1.165) is 18.4 Å². The van der Waals surface area contributed by atoms with Gasteiger partial charge >= 0.3 is 11.8 Å². The number of hydrogen-bond acceptors (Lipinski definition) is 2. The Hall–Kier alpha value is -1.55. The van der Waals surface area contributed by atoms with Crippen molar-refractivity contribution in [2.75, 3.05) is 18.4 Å². The molecule has 1 aromatic rings. The fourth-order valence-corrected chi connectivity index (χ4v) is 2.53. The molecule has 0 aromatic heterocycles. The zero-order valence-electron chi connectivity index (χ0n) is 11.8. The number of nitrogens with one attached hydrogen (secondary N) is 1. The van der Waals surface area contributed by atoms with E-state index in [1.807, 2.05) is 6.92 Å². The third kappa shape index (κ3) is 3.51. The molecule has 1 N–H and O–H groups in total. The lowest BCUT2D eigenvalue weighted by molar-refractivity contribution is -0.144. The first kappa shape index (κ1) is 14.9. The van der Waals surface area contributed by atoms with Crippen molar-refractivity contribution in [3.8, 4) is 0 Å². The smallest absolute Gasteiger partial charge is 0.313 e. The lowest BCUT2D eigenvalue weighted by Crippen LogP contribution is -2.43. The van der Waals surface area contributed by atoms with E-state index in [-0.39, 0.29) is 0 Å². The minimum atomic E-state index is -0.579. The molecule has 1 aliphatic heterocycles. The van der Waals surface area contributed by atoms with E-state index in [1.165, 1.54) is 0 Å². The van der Waals surface area contributed by atoms with Crippen LogP contribution in [0.3, 0.4) is 0 Å². The van der Waals surface area contributed by atoms with Gasteiger partial charge < -0.3 is 10.2 Å². The van der Waals surface area contributed by atoms with Gasteiger partial charge in [-0.05, 0) is 49.4 Å². The second-order valence-corrected chi connectivity index (χ2v) is 5.82. The molecule has 1 aliphatic rings. The van der Waals surface area contributed by atoms with Crippen LogP contribution in [0.5, 0.6) is 0 Å². The first-order valence-corrected chi connectivity index (χ1v) is 7.21. The highest BCUT2D eigenvalue weighted by molar-refractivity contribution is 6.39. The number of piperidine rings is 1. The summed E-state index contributed by atoms with van der Waals surface area (Å²) >= 11 is 5.86.